The minimum atomic E-state index is -3.55. The molecule has 21 heavy (non-hydrogen) atoms. The minimum absolute atomic E-state index is 0.0227. The summed E-state index contributed by atoms with van der Waals surface area (Å²) in [5.41, 5.74) is 1.01. The highest BCUT2D eigenvalue weighted by atomic mass is 35.5. The van der Waals surface area contributed by atoms with Crippen LogP contribution in [0.5, 0.6) is 0 Å². The third-order valence-electron chi connectivity index (χ3n) is 3.72. The van der Waals surface area contributed by atoms with Crippen LogP contribution in [0.3, 0.4) is 0 Å². The third kappa shape index (κ3) is 4.18. The Morgan fingerprint density at radius 2 is 2.00 bits per heavy atom. The minimum Gasteiger partial charge on any atom is -0.335 e. The fourth-order valence-corrected chi connectivity index (χ4v) is 3.88. The fraction of sp³-hybridized carbons (Fsp3) is 0.500. The molecule has 0 radical (unpaired) electrons. The molecule has 2 rings (SSSR count). The highest BCUT2D eigenvalue weighted by Gasteiger charge is 2.35. The smallest absolute Gasteiger partial charge is 0.223 e. The van der Waals surface area contributed by atoms with Gasteiger partial charge in [0.2, 0.25) is 15.9 Å². The molecule has 1 saturated heterocycles. The predicted octanol–water partition coefficient (Wildman–Crippen LogP) is 1.93. The fourth-order valence-electron chi connectivity index (χ4n) is 2.87. The molecule has 0 bridgehead atoms. The second-order valence-corrected chi connectivity index (χ2v) is 7.52. The van der Waals surface area contributed by atoms with Crippen molar-refractivity contribution in [1.29, 1.82) is 0 Å². The summed E-state index contributed by atoms with van der Waals surface area (Å²) in [4.78, 5) is 13.9. The number of carbonyl (C=O) groups is 1. The standard InChI is InChI=1S/C14H19ClN2O3S/c1-2-13(11-3-5-12(15)6-4-11)17-8-10(7-14(17)18)9-21(16,19)20/h3-6,10,13H,2,7-9H2,1H3,(H2,16,19,20). The number of hydrogen-bond donors (Lipinski definition) is 1. The molecule has 0 aliphatic carbocycles. The van der Waals surface area contributed by atoms with Gasteiger partial charge in [0.05, 0.1) is 11.8 Å². The third-order valence-corrected chi connectivity index (χ3v) is 4.91. The summed E-state index contributed by atoms with van der Waals surface area (Å²) in [5.74, 6) is -0.397. The molecule has 1 aromatic rings. The van der Waals surface area contributed by atoms with Crippen molar-refractivity contribution in [3.8, 4) is 0 Å². The van der Waals surface area contributed by atoms with Gasteiger partial charge in [0, 0.05) is 23.9 Å². The quantitative estimate of drug-likeness (QED) is 0.895. The van der Waals surface area contributed by atoms with Gasteiger partial charge in [0.15, 0.2) is 0 Å². The van der Waals surface area contributed by atoms with Crippen LogP contribution >= 0.6 is 11.6 Å². The molecule has 0 saturated carbocycles. The summed E-state index contributed by atoms with van der Waals surface area (Å²) in [5, 5.41) is 5.72. The van der Waals surface area contributed by atoms with E-state index < -0.39 is 10.0 Å². The van der Waals surface area contributed by atoms with Crippen LogP contribution in [0.4, 0.5) is 0 Å². The largest absolute Gasteiger partial charge is 0.335 e. The maximum absolute atomic E-state index is 12.2. The number of nitrogens with two attached hydrogens (primary N) is 1. The van der Waals surface area contributed by atoms with Crippen LogP contribution in [-0.4, -0.2) is 31.5 Å². The number of hydrogen-bond acceptors (Lipinski definition) is 3. The molecule has 0 spiro atoms. The topological polar surface area (TPSA) is 80.5 Å². The average molecular weight is 331 g/mol. The first-order valence-corrected chi connectivity index (χ1v) is 8.95. The van der Waals surface area contributed by atoms with Gasteiger partial charge in [-0.05, 0) is 24.1 Å². The maximum Gasteiger partial charge on any atom is 0.223 e. The van der Waals surface area contributed by atoms with Gasteiger partial charge < -0.3 is 4.90 Å². The number of likely N-dealkylation sites (tertiary alicyclic amines) is 1. The molecule has 1 aliphatic rings. The molecule has 1 aliphatic heterocycles. The van der Waals surface area contributed by atoms with Gasteiger partial charge in [-0.25, -0.2) is 13.6 Å². The van der Waals surface area contributed by atoms with E-state index in [1.165, 1.54) is 0 Å². The van der Waals surface area contributed by atoms with Crippen molar-refractivity contribution in [3.63, 3.8) is 0 Å². The number of primary sulfonamides is 1. The second kappa shape index (κ2) is 6.34. The first kappa shape index (κ1) is 16.3. The lowest BCUT2D eigenvalue weighted by Gasteiger charge is -2.27. The van der Waals surface area contributed by atoms with E-state index in [-0.39, 0.29) is 30.0 Å². The molecular weight excluding hydrogens is 312 g/mol. The number of benzene rings is 1. The maximum atomic E-state index is 12.2. The lowest BCUT2D eigenvalue weighted by Crippen LogP contribution is -2.31. The van der Waals surface area contributed by atoms with Gasteiger partial charge in [0.1, 0.15) is 0 Å². The molecule has 2 unspecified atom stereocenters. The molecule has 2 N–H and O–H groups in total. The Kier molecular flexibility index (Phi) is 4.91. The number of nitrogens with zero attached hydrogens (tertiary/aromatic N) is 1. The molecule has 5 nitrogen and oxygen atoms in total. The molecule has 2 atom stereocenters. The van der Waals surface area contributed by atoms with Crippen molar-refractivity contribution in [2.24, 2.45) is 11.1 Å². The van der Waals surface area contributed by atoms with E-state index in [1.54, 1.807) is 17.0 Å². The summed E-state index contributed by atoms with van der Waals surface area (Å²) >= 11 is 5.88. The molecule has 1 amide bonds. The Morgan fingerprint density at radius 1 is 1.38 bits per heavy atom. The Bertz CT molecular complexity index is 616. The zero-order valence-corrected chi connectivity index (χ0v) is 13.4. The summed E-state index contributed by atoms with van der Waals surface area (Å²) in [6.45, 7) is 2.43. The Balaban J connectivity index is 2.15. The van der Waals surface area contributed by atoms with Crippen LogP contribution in [0.25, 0.3) is 0 Å². The highest BCUT2D eigenvalue weighted by Crippen LogP contribution is 2.31. The number of rotatable bonds is 5. The van der Waals surface area contributed by atoms with Crippen LogP contribution < -0.4 is 5.14 Å². The Hall–Kier alpha value is -1.11. The van der Waals surface area contributed by atoms with Crippen molar-refractivity contribution in [2.75, 3.05) is 12.3 Å². The SMILES string of the molecule is CCC(c1ccc(Cl)cc1)N1CC(CS(N)(=O)=O)CC1=O. The van der Waals surface area contributed by atoms with Crippen LogP contribution in [0.2, 0.25) is 5.02 Å². The van der Waals surface area contributed by atoms with Gasteiger partial charge in [-0.1, -0.05) is 30.7 Å². The zero-order chi connectivity index (χ0) is 15.6. The normalized spacial score (nSPS) is 20.8. The molecule has 116 valence electrons. The van der Waals surface area contributed by atoms with Gasteiger partial charge >= 0.3 is 0 Å². The van der Waals surface area contributed by atoms with E-state index in [2.05, 4.69) is 0 Å². The molecule has 1 aromatic carbocycles. The number of carbonyl (C=O) groups excluding carboxylic acids is 1. The average Bonchev–Trinajstić information content (AvgIpc) is 2.71. The van der Waals surface area contributed by atoms with Crippen molar-refractivity contribution in [3.05, 3.63) is 34.9 Å². The summed E-state index contributed by atoms with van der Waals surface area (Å²) < 4.78 is 22.4. The van der Waals surface area contributed by atoms with Gasteiger partial charge in [-0.2, -0.15) is 0 Å². The number of halogens is 1. The lowest BCUT2D eigenvalue weighted by atomic mass is 10.0. The van der Waals surface area contributed by atoms with E-state index in [4.69, 9.17) is 16.7 Å². The van der Waals surface area contributed by atoms with Crippen LogP contribution in [0.15, 0.2) is 24.3 Å². The lowest BCUT2D eigenvalue weighted by molar-refractivity contribution is -0.129. The molecule has 1 fully saturated rings. The van der Waals surface area contributed by atoms with Crippen molar-refractivity contribution in [2.45, 2.75) is 25.8 Å². The van der Waals surface area contributed by atoms with Gasteiger partial charge in [0.25, 0.3) is 0 Å². The van der Waals surface area contributed by atoms with E-state index in [9.17, 15) is 13.2 Å². The molecule has 1 heterocycles. The van der Waals surface area contributed by atoms with Crippen molar-refractivity contribution in [1.82, 2.24) is 4.90 Å². The first-order chi connectivity index (χ1) is 9.80. The van der Waals surface area contributed by atoms with Crippen molar-refractivity contribution >= 4 is 27.5 Å². The second-order valence-electron chi connectivity index (χ2n) is 5.42. The highest BCUT2D eigenvalue weighted by molar-refractivity contribution is 7.89. The number of amides is 1. The summed E-state index contributed by atoms with van der Waals surface area (Å²) in [6.07, 6.45) is 0.996. The molecule has 0 aromatic heterocycles. The van der Waals surface area contributed by atoms with Gasteiger partial charge in [-0.3, -0.25) is 4.79 Å². The molecular formula is C14H19ClN2O3S. The Morgan fingerprint density at radius 3 is 2.52 bits per heavy atom. The van der Waals surface area contributed by atoms with E-state index >= 15 is 0 Å². The van der Waals surface area contributed by atoms with Crippen LogP contribution in [0, 0.1) is 5.92 Å². The molecule has 7 heteroatoms. The van der Waals surface area contributed by atoms with Crippen LogP contribution in [-0.2, 0) is 14.8 Å². The summed E-state index contributed by atoms with van der Waals surface area (Å²) in [6, 6.07) is 7.33. The van der Waals surface area contributed by atoms with Crippen LogP contribution in [0.1, 0.15) is 31.4 Å². The predicted molar refractivity (Wildman–Crippen MR) is 82.3 cm³/mol. The first-order valence-electron chi connectivity index (χ1n) is 6.85. The van der Waals surface area contributed by atoms with Gasteiger partial charge in [-0.15, -0.1) is 0 Å². The number of sulfonamides is 1. The summed E-state index contributed by atoms with van der Waals surface area (Å²) in [7, 11) is -3.55. The Labute approximate surface area is 130 Å². The van der Waals surface area contributed by atoms with Crippen molar-refractivity contribution < 1.29 is 13.2 Å². The zero-order valence-electron chi connectivity index (χ0n) is 11.8. The monoisotopic (exact) mass is 330 g/mol. The van der Waals surface area contributed by atoms with E-state index in [0.717, 1.165) is 12.0 Å². The van der Waals surface area contributed by atoms with E-state index in [1.807, 2.05) is 19.1 Å². The van der Waals surface area contributed by atoms with E-state index in [0.29, 0.717) is 11.6 Å².